The number of rotatable bonds is 9. The standard InChI is InChI=1S/C24H30N6O2/c1-2-3-11-32-24-28-22(25)20-13-19(31)16-30(23(20)29-24)15-18-8-6-7-17(12-18)14-27-21-9-4-5-10-26-21/h4-10,12,24,29H,2-3,11,13-16H2,1H3,(H2,25,28)(H,26,27). The van der Waals surface area contributed by atoms with Crippen molar-refractivity contribution in [1.29, 1.82) is 0 Å². The summed E-state index contributed by atoms with van der Waals surface area (Å²) in [5.41, 5.74) is 9.21. The zero-order valence-electron chi connectivity index (χ0n) is 18.4. The van der Waals surface area contributed by atoms with Crippen LogP contribution in [0.15, 0.2) is 65.0 Å². The average Bonchev–Trinajstić information content (AvgIpc) is 2.80. The van der Waals surface area contributed by atoms with Crippen molar-refractivity contribution in [3.8, 4) is 0 Å². The Labute approximate surface area is 188 Å². The SMILES string of the molecule is CCCCOC1N=C(N)C2=C(N1)N(Cc1cccc(CNc3ccccn3)c1)CC(=O)C2. The summed E-state index contributed by atoms with van der Waals surface area (Å²) in [7, 11) is 0. The van der Waals surface area contributed by atoms with E-state index in [1.165, 1.54) is 0 Å². The molecule has 4 N–H and O–H groups in total. The highest BCUT2D eigenvalue weighted by Gasteiger charge is 2.32. The zero-order valence-corrected chi connectivity index (χ0v) is 18.4. The van der Waals surface area contributed by atoms with E-state index in [-0.39, 0.29) is 5.78 Å². The number of hydrogen-bond donors (Lipinski definition) is 3. The van der Waals surface area contributed by atoms with E-state index >= 15 is 0 Å². The van der Waals surface area contributed by atoms with Gasteiger partial charge in [0.25, 0.3) is 0 Å². The van der Waals surface area contributed by atoms with Gasteiger partial charge in [-0.25, -0.2) is 9.98 Å². The highest BCUT2D eigenvalue weighted by Crippen LogP contribution is 2.25. The lowest BCUT2D eigenvalue weighted by Crippen LogP contribution is -2.49. The fourth-order valence-corrected chi connectivity index (χ4v) is 3.83. The van der Waals surface area contributed by atoms with E-state index in [4.69, 9.17) is 10.5 Å². The molecule has 1 aromatic heterocycles. The number of anilines is 1. The number of hydrogen-bond acceptors (Lipinski definition) is 8. The minimum atomic E-state index is -0.523. The number of ether oxygens (including phenoxy) is 1. The lowest BCUT2D eigenvalue weighted by molar-refractivity contribution is -0.120. The van der Waals surface area contributed by atoms with Crippen molar-refractivity contribution < 1.29 is 9.53 Å². The topological polar surface area (TPSA) is 105 Å². The van der Waals surface area contributed by atoms with Gasteiger partial charge in [0.05, 0.1) is 13.2 Å². The number of carbonyl (C=O) groups is 1. The second-order valence-electron chi connectivity index (χ2n) is 8.02. The van der Waals surface area contributed by atoms with Gasteiger partial charge >= 0.3 is 0 Å². The molecule has 32 heavy (non-hydrogen) atoms. The van der Waals surface area contributed by atoms with Crippen LogP contribution < -0.4 is 16.4 Å². The average molecular weight is 435 g/mol. The molecule has 2 aliphatic rings. The van der Waals surface area contributed by atoms with Gasteiger partial charge in [0.2, 0.25) is 6.35 Å². The lowest BCUT2D eigenvalue weighted by atomic mass is 10.0. The highest BCUT2D eigenvalue weighted by molar-refractivity contribution is 6.04. The number of pyridine rings is 1. The van der Waals surface area contributed by atoms with E-state index in [2.05, 4.69) is 45.7 Å². The van der Waals surface area contributed by atoms with E-state index in [9.17, 15) is 4.79 Å². The van der Waals surface area contributed by atoms with Crippen LogP contribution in [0.5, 0.6) is 0 Å². The van der Waals surface area contributed by atoms with Crippen LogP contribution in [0.3, 0.4) is 0 Å². The van der Waals surface area contributed by atoms with E-state index < -0.39 is 6.35 Å². The maximum atomic E-state index is 12.4. The van der Waals surface area contributed by atoms with Crippen molar-refractivity contribution in [3.05, 3.63) is 71.2 Å². The number of amidine groups is 1. The highest BCUT2D eigenvalue weighted by atomic mass is 16.5. The molecule has 4 rings (SSSR count). The predicted octanol–water partition coefficient (Wildman–Crippen LogP) is 2.74. The number of aliphatic imine (C=N–C) groups is 1. The van der Waals surface area contributed by atoms with Crippen LogP contribution in [0.1, 0.15) is 37.3 Å². The van der Waals surface area contributed by atoms with E-state index in [0.717, 1.165) is 41.2 Å². The first-order valence-corrected chi connectivity index (χ1v) is 11.1. The Morgan fingerprint density at radius 2 is 2.12 bits per heavy atom. The summed E-state index contributed by atoms with van der Waals surface area (Å²) in [5, 5.41) is 6.67. The molecule has 0 aliphatic carbocycles. The maximum absolute atomic E-state index is 12.4. The van der Waals surface area contributed by atoms with Gasteiger partial charge in [-0.2, -0.15) is 0 Å². The predicted molar refractivity (Wildman–Crippen MR) is 124 cm³/mol. The number of ketones is 1. The summed E-state index contributed by atoms with van der Waals surface area (Å²) < 4.78 is 5.82. The van der Waals surface area contributed by atoms with Gasteiger partial charge in [-0.1, -0.05) is 43.7 Å². The molecule has 0 bridgehead atoms. The summed E-state index contributed by atoms with van der Waals surface area (Å²) in [4.78, 5) is 23.1. The first-order valence-electron chi connectivity index (χ1n) is 11.1. The smallest absolute Gasteiger partial charge is 0.228 e. The minimum absolute atomic E-state index is 0.127. The van der Waals surface area contributed by atoms with Crippen molar-refractivity contribution in [2.45, 2.75) is 45.6 Å². The Morgan fingerprint density at radius 1 is 1.25 bits per heavy atom. The van der Waals surface area contributed by atoms with Crippen LogP contribution in [-0.4, -0.2) is 41.0 Å². The Morgan fingerprint density at radius 3 is 2.94 bits per heavy atom. The maximum Gasteiger partial charge on any atom is 0.228 e. The third-order valence-corrected chi connectivity index (χ3v) is 5.45. The number of nitrogens with one attached hydrogen (secondary N) is 2. The molecule has 0 spiro atoms. The molecule has 0 radical (unpaired) electrons. The van der Waals surface area contributed by atoms with Gasteiger partial charge in [-0.15, -0.1) is 0 Å². The van der Waals surface area contributed by atoms with E-state index in [0.29, 0.717) is 38.5 Å². The molecule has 0 amide bonds. The number of carbonyl (C=O) groups excluding carboxylic acids is 1. The molecule has 8 heteroatoms. The van der Waals surface area contributed by atoms with Gasteiger partial charge in [0.15, 0.2) is 5.78 Å². The molecule has 168 valence electrons. The summed E-state index contributed by atoms with van der Waals surface area (Å²) in [5.74, 6) is 2.19. The minimum Gasteiger partial charge on any atom is -0.384 e. The Balaban J connectivity index is 1.46. The van der Waals surface area contributed by atoms with Crippen molar-refractivity contribution in [3.63, 3.8) is 0 Å². The molecule has 2 aliphatic heterocycles. The summed E-state index contributed by atoms with van der Waals surface area (Å²) >= 11 is 0. The number of Topliss-reactive ketones (excluding diaryl/α,β-unsaturated/α-hetero) is 1. The Bertz CT molecular complexity index is 1000. The van der Waals surface area contributed by atoms with Crippen molar-refractivity contribution in [1.82, 2.24) is 15.2 Å². The molecule has 0 saturated heterocycles. The van der Waals surface area contributed by atoms with Gasteiger partial charge in [0.1, 0.15) is 17.5 Å². The number of nitrogens with two attached hydrogens (primary N) is 1. The number of unbranched alkanes of at least 4 members (excludes halogenated alkanes) is 1. The first kappa shape index (κ1) is 21.8. The van der Waals surface area contributed by atoms with Crippen molar-refractivity contribution in [2.75, 3.05) is 18.5 Å². The molecular formula is C24H30N6O2. The van der Waals surface area contributed by atoms with E-state index in [1.54, 1.807) is 6.20 Å². The fraction of sp³-hybridized carbons (Fsp3) is 0.375. The fourth-order valence-electron chi connectivity index (χ4n) is 3.83. The molecule has 1 unspecified atom stereocenters. The second-order valence-corrected chi connectivity index (χ2v) is 8.02. The van der Waals surface area contributed by atoms with Gasteiger partial charge in [-0.05, 0) is 29.7 Å². The third kappa shape index (κ3) is 5.45. The Kier molecular flexibility index (Phi) is 7.01. The van der Waals surface area contributed by atoms with Crippen LogP contribution in [0.25, 0.3) is 0 Å². The van der Waals surface area contributed by atoms with E-state index in [1.807, 2.05) is 29.2 Å². The largest absolute Gasteiger partial charge is 0.384 e. The monoisotopic (exact) mass is 434 g/mol. The summed E-state index contributed by atoms with van der Waals surface area (Å²) in [6.07, 6.45) is 3.55. The zero-order chi connectivity index (χ0) is 22.3. The van der Waals surface area contributed by atoms with Crippen LogP contribution >= 0.6 is 0 Å². The number of benzene rings is 1. The summed E-state index contributed by atoms with van der Waals surface area (Å²) in [6, 6.07) is 14.1. The second kappa shape index (κ2) is 10.3. The molecule has 1 aromatic carbocycles. The third-order valence-electron chi connectivity index (χ3n) is 5.45. The normalized spacial score (nSPS) is 18.2. The van der Waals surface area contributed by atoms with Crippen LogP contribution in [0.2, 0.25) is 0 Å². The molecule has 0 fully saturated rings. The molecule has 0 saturated carbocycles. The number of aromatic nitrogens is 1. The van der Waals surface area contributed by atoms with Crippen molar-refractivity contribution in [2.24, 2.45) is 10.7 Å². The van der Waals surface area contributed by atoms with Gasteiger partial charge in [-0.3, -0.25) is 4.79 Å². The van der Waals surface area contributed by atoms with Gasteiger partial charge in [0, 0.05) is 31.3 Å². The number of nitrogens with zero attached hydrogens (tertiary/aromatic N) is 3. The molecular weight excluding hydrogens is 404 g/mol. The van der Waals surface area contributed by atoms with Crippen molar-refractivity contribution >= 4 is 17.4 Å². The molecule has 8 nitrogen and oxygen atoms in total. The van der Waals surface area contributed by atoms with Crippen LogP contribution in [0.4, 0.5) is 5.82 Å². The van der Waals surface area contributed by atoms with Gasteiger partial charge < -0.3 is 26.0 Å². The summed E-state index contributed by atoms with van der Waals surface area (Å²) in [6.45, 7) is 4.31. The van der Waals surface area contributed by atoms with Crippen LogP contribution in [-0.2, 0) is 22.6 Å². The Hall–Kier alpha value is -3.39. The molecule has 1 atom stereocenters. The quantitative estimate of drug-likeness (QED) is 0.521. The lowest BCUT2D eigenvalue weighted by Gasteiger charge is -2.37. The molecule has 2 aromatic rings. The molecule has 3 heterocycles. The van der Waals surface area contributed by atoms with Crippen LogP contribution in [0, 0.1) is 0 Å². The first-order chi connectivity index (χ1) is 15.6.